The Labute approximate surface area is 102 Å². The van der Waals surface area contributed by atoms with Gasteiger partial charge < -0.3 is 9.52 Å². The number of carbonyl (C=O) groups is 1. The number of furan rings is 1. The Hall–Kier alpha value is -1.75. The van der Waals surface area contributed by atoms with Crippen LogP contribution in [0.3, 0.4) is 0 Å². The summed E-state index contributed by atoms with van der Waals surface area (Å²) in [6, 6.07) is 1.52. The van der Waals surface area contributed by atoms with Gasteiger partial charge in [0.15, 0.2) is 0 Å². The van der Waals surface area contributed by atoms with E-state index in [0.717, 1.165) is 24.2 Å². The Balaban J connectivity index is 2.23. The minimum Gasteiger partial charge on any atom is -0.475 e. The molecule has 1 N–H and O–H groups in total. The third-order valence-corrected chi connectivity index (χ3v) is 3.12. The third-order valence-electron chi connectivity index (χ3n) is 2.84. The molecule has 1 aliphatic rings. The van der Waals surface area contributed by atoms with E-state index in [4.69, 9.17) is 21.1 Å². The number of aromatic nitrogens is 2. The average Bonchev–Trinajstić information content (AvgIpc) is 2.80. The quantitative estimate of drug-likeness (QED) is 0.846. The Morgan fingerprint density at radius 3 is 3.18 bits per heavy atom. The molecule has 0 unspecified atom stereocenters. The van der Waals surface area contributed by atoms with Gasteiger partial charge >= 0.3 is 5.97 Å². The van der Waals surface area contributed by atoms with Crippen molar-refractivity contribution in [2.45, 2.75) is 19.4 Å². The predicted octanol–water partition coefficient (Wildman–Crippen LogP) is 2.44. The second kappa shape index (κ2) is 3.63. The van der Waals surface area contributed by atoms with E-state index in [1.807, 2.05) is 0 Å². The van der Waals surface area contributed by atoms with Crippen LogP contribution in [-0.4, -0.2) is 20.9 Å². The highest BCUT2D eigenvalue weighted by Crippen LogP contribution is 2.35. The Morgan fingerprint density at radius 2 is 2.41 bits per heavy atom. The summed E-state index contributed by atoms with van der Waals surface area (Å²) in [6.07, 6.45) is 3.12. The van der Waals surface area contributed by atoms with Gasteiger partial charge in [0.2, 0.25) is 5.76 Å². The van der Waals surface area contributed by atoms with E-state index in [1.54, 1.807) is 10.9 Å². The van der Waals surface area contributed by atoms with Crippen LogP contribution in [0.2, 0.25) is 5.02 Å². The molecule has 0 radical (unpaired) electrons. The van der Waals surface area contributed by atoms with Crippen LogP contribution in [0.4, 0.5) is 0 Å². The zero-order chi connectivity index (χ0) is 12.0. The summed E-state index contributed by atoms with van der Waals surface area (Å²) >= 11 is 6.07. The minimum atomic E-state index is -1.07. The van der Waals surface area contributed by atoms with Gasteiger partial charge in [0, 0.05) is 24.6 Å². The third kappa shape index (κ3) is 1.54. The molecular weight excluding hydrogens is 244 g/mol. The molecule has 0 spiro atoms. The van der Waals surface area contributed by atoms with E-state index in [0.29, 0.717) is 17.2 Å². The maximum Gasteiger partial charge on any atom is 0.371 e. The summed E-state index contributed by atoms with van der Waals surface area (Å²) in [5, 5.41) is 13.6. The van der Waals surface area contributed by atoms with Crippen molar-refractivity contribution in [1.29, 1.82) is 0 Å². The number of hydrogen-bond donors (Lipinski definition) is 1. The first-order valence-electron chi connectivity index (χ1n) is 5.24. The lowest BCUT2D eigenvalue weighted by Crippen LogP contribution is -2.00. The smallest absolute Gasteiger partial charge is 0.371 e. The zero-order valence-electron chi connectivity index (χ0n) is 8.81. The van der Waals surface area contributed by atoms with E-state index < -0.39 is 5.97 Å². The van der Waals surface area contributed by atoms with Crippen molar-refractivity contribution in [2.75, 3.05) is 0 Å². The Bertz CT molecular complexity index is 600. The molecule has 88 valence electrons. The highest BCUT2D eigenvalue weighted by Gasteiger charge is 2.24. The number of aromatic carboxylic acids is 1. The van der Waals surface area contributed by atoms with E-state index in [-0.39, 0.29) is 5.76 Å². The summed E-state index contributed by atoms with van der Waals surface area (Å²) in [5.74, 6) is -0.454. The van der Waals surface area contributed by atoms with E-state index >= 15 is 0 Å². The molecule has 0 amide bonds. The van der Waals surface area contributed by atoms with Gasteiger partial charge in [0.1, 0.15) is 5.76 Å². The second-order valence-corrected chi connectivity index (χ2v) is 4.33. The molecule has 0 saturated heterocycles. The molecule has 0 saturated carbocycles. The fourth-order valence-electron chi connectivity index (χ4n) is 2.11. The van der Waals surface area contributed by atoms with Gasteiger partial charge in [0.25, 0.3) is 0 Å². The maximum atomic E-state index is 10.9. The number of aryl methyl sites for hydroxylation is 2. The number of carboxylic acids is 1. The lowest BCUT2D eigenvalue weighted by atomic mass is 10.1. The summed E-state index contributed by atoms with van der Waals surface area (Å²) < 4.78 is 7.12. The fraction of sp³-hybridized carbons (Fsp3) is 0.273. The Kier molecular flexibility index (Phi) is 2.22. The van der Waals surface area contributed by atoms with E-state index in [2.05, 4.69) is 5.10 Å². The molecule has 6 heteroatoms. The van der Waals surface area contributed by atoms with E-state index in [1.165, 1.54) is 6.07 Å². The average molecular weight is 253 g/mol. The number of carboxylic acid groups (broad SMARTS) is 1. The lowest BCUT2D eigenvalue weighted by Gasteiger charge is -2.01. The zero-order valence-corrected chi connectivity index (χ0v) is 9.57. The topological polar surface area (TPSA) is 68.3 Å². The second-order valence-electron chi connectivity index (χ2n) is 3.92. The summed E-state index contributed by atoms with van der Waals surface area (Å²) in [5.41, 5.74) is 1.48. The Morgan fingerprint density at radius 1 is 1.59 bits per heavy atom. The molecule has 2 aromatic rings. The monoisotopic (exact) mass is 252 g/mol. The van der Waals surface area contributed by atoms with Gasteiger partial charge in [-0.1, -0.05) is 11.6 Å². The van der Waals surface area contributed by atoms with Gasteiger partial charge in [0.05, 0.1) is 16.9 Å². The molecule has 1 aliphatic heterocycles. The molecule has 5 nitrogen and oxygen atoms in total. The van der Waals surface area contributed by atoms with Crippen molar-refractivity contribution in [3.05, 3.63) is 28.8 Å². The maximum absolute atomic E-state index is 10.9. The first kappa shape index (κ1) is 10.4. The first-order valence-corrected chi connectivity index (χ1v) is 5.62. The van der Waals surface area contributed by atoms with Crippen LogP contribution in [0.5, 0.6) is 0 Å². The fourth-order valence-corrected chi connectivity index (χ4v) is 2.35. The molecule has 3 heterocycles. The highest BCUT2D eigenvalue weighted by molar-refractivity contribution is 6.33. The number of hydrogen-bond acceptors (Lipinski definition) is 3. The van der Waals surface area contributed by atoms with Crippen molar-refractivity contribution in [1.82, 2.24) is 9.78 Å². The number of halogens is 1. The SMILES string of the molecule is O=C(O)c1cc2c(o1)CCCn1ncc(Cl)c1-2. The molecule has 0 bridgehead atoms. The van der Waals surface area contributed by atoms with Crippen molar-refractivity contribution in [3.63, 3.8) is 0 Å². The van der Waals surface area contributed by atoms with Crippen molar-refractivity contribution >= 4 is 17.6 Å². The highest BCUT2D eigenvalue weighted by atomic mass is 35.5. The predicted molar refractivity (Wildman–Crippen MR) is 60.2 cm³/mol. The molecule has 17 heavy (non-hydrogen) atoms. The van der Waals surface area contributed by atoms with Gasteiger partial charge in [-0.3, -0.25) is 4.68 Å². The normalized spacial score (nSPS) is 13.9. The van der Waals surface area contributed by atoms with Crippen molar-refractivity contribution in [2.24, 2.45) is 0 Å². The molecule has 2 aromatic heterocycles. The van der Waals surface area contributed by atoms with Crippen LogP contribution in [0, 0.1) is 0 Å². The summed E-state index contributed by atoms with van der Waals surface area (Å²) in [6.45, 7) is 0.759. The summed E-state index contributed by atoms with van der Waals surface area (Å²) in [7, 11) is 0. The lowest BCUT2D eigenvalue weighted by molar-refractivity contribution is 0.0660. The van der Waals surface area contributed by atoms with Crippen LogP contribution < -0.4 is 0 Å². The van der Waals surface area contributed by atoms with Crippen molar-refractivity contribution < 1.29 is 14.3 Å². The first-order chi connectivity index (χ1) is 8.16. The largest absolute Gasteiger partial charge is 0.475 e. The molecule has 0 fully saturated rings. The van der Waals surface area contributed by atoms with Crippen LogP contribution in [-0.2, 0) is 13.0 Å². The van der Waals surface area contributed by atoms with Gasteiger partial charge in [-0.25, -0.2) is 4.79 Å². The van der Waals surface area contributed by atoms with Crippen LogP contribution in [0.1, 0.15) is 22.7 Å². The van der Waals surface area contributed by atoms with Gasteiger partial charge in [-0.05, 0) is 6.42 Å². The van der Waals surface area contributed by atoms with Crippen LogP contribution in [0.15, 0.2) is 16.7 Å². The number of nitrogens with zero attached hydrogens (tertiary/aromatic N) is 2. The molecular formula is C11H9ClN2O3. The molecule has 0 aliphatic carbocycles. The standard InChI is InChI=1S/C11H9ClN2O3/c12-7-5-13-14-3-1-2-8-6(10(7)14)4-9(17-8)11(15)16/h4-5H,1-3H2,(H,15,16). The molecule has 0 aromatic carbocycles. The summed E-state index contributed by atoms with van der Waals surface area (Å²) in [4.78, 5) is 10.9. The van der Waals surface area contributed by atoms with Crippen molar-refractivity contribution in [3.8, 4) is 11.3 Å². The van der Waals surface area contributed by atoms with Gasteiger partial charge in [-0.15, -0.1) is 0 Å². The molecule has 3 rings (SSSR count). The molecule has 0 atom stereocenters. The number of rotatable bonds is 1. The van der Waals surface area contributed by atoms with Crippen LogP contribution >= 0.6 is 11.6 Å². The minimum absolute atomic E-state index is 0.0549. The van der Waals surface area contributed by atoms with Crippen LogP contribution in [0.25, 0.3) is 11.3 Å². The van der Waals surface area contributed by atoms with E-state index in [9.17, 15) is 4.79 Å². The van der Waals surface area contributed by atoms with Gasteiger partial charge in [-0.2, -0.15) is 5.10 Å². The number of fused-ring (bicyclic) bond motifs is 3.